The van der Waals surface area contributed by atoms with Crippen LogP contribution in [0.3, 0.4) is 0 Å². The first-order valence-corrected chi connectivity index (χ1v) is 6.75. The fourth-order valence-electron chi connectivity index (χ4n) is 1.32. The number of ether oxygens (including phenoxy) is 2. The van der Waals surface area contributed by atoms with Gasteiger partial charge < -0.3 is 9.47 Å². The van der Waals surface area contributed by atoms with E-state index in [1.165, 1.54) is 0 Å². The lowest BCUT2D eigenvalue weighted by Crippen LogP contribution is -2.22. The molecule has 0 aliphatic heterocycles. The Morgan fingerprint density at radius 2 is 1.84 bits per heavy atom. The van der Waals surface area contributed by atoms with Gasteiger partial charge in [0.05, 0.1) is 28.9 Å². The summed E-state index contributed by atoms with van der Waals surface area (Å²) in [4.78, 5) is 11.8. The van der Waals surface area contributed by atoms with Crippen LogP contribution in [0.2, 0.25) is 10.0 Å². The monoisotopic (exact) mass is 304 g/mol. The zero-order valence-electron chi connectivity index (χ0n) is 11.3. The van der Waals surface area contributed by atoms with Gasteiger partial charge in [0.1, 0.15) is 6.61 Å². The first kappa shape index (κ1) is 16.4. The van der Waals surface area contributed by atoms with E-state index in [1.54, 1.807) is 18.2 Å². The van der Waals surface area contributed by atoms with Crippen LogP contribution in [0.25, 0.3) is 0 Å². The van der Waals surface area contributed by atoms with Gasteiger partial charge in [0.2, 0.25) is 0 Å². The lowest BCUT2D eigenvalue weighted by molar-refractivity contribution is -0.0324. The Morgan fingerprint density at radius 3 is 2.42 bits per heavy atom. The van der Waals surface area contributed by atoms with Crippen molar-refractivity contribution in [2.45, 2.75) is 26.4 Å². The van der Waals surface area contributed by atoms with Crippen molar-refractivity contribution < 1.29 is 14.3 Å². The van der Waals surface area contributed by atoms with E-state index in [1.807, 2.05) is 20.8 Å². The second kappa shape index (κ2) is 7.25. The maximum Gasteiger partial charge on any atom is 0.188 e. The molecule has 0 N–H and O–H groups in total. The molecule has 0 fully saturated rings. The zero-order valence-corrected chi connectivity index (χ0v) is 12.8. The van der Waals surface area contributed by atoms with Crippen LogP contribution in [0, 0.1) is 0 Å². The number of rotatable bonds is 6. The Balaban J connectivity index is 2.33. The summed E-state index contributed by atoms with van der Waals surface area (Å²) >= 11 is 11.6. The highest BCUT2D eigenvalue weighted by atomic mass is 35.5. The Morgan fingerprint density at radius 1 is 1.16 bits per heavy atom. The number of benzene rings is 1. The number of hydrogen-bond donors (Lipinski definition) is 0. The Hall–Kier alpha value is -0.610. The van der Waals surface area contributed by atoms with Crippen molar-refractivity contribution in [1.82, 2.24) is 0 Å². The SMILES string of the molecule is CC(C)(C)OCCOCC(=O)c1ccc(Cl)c(Cl)c1. The van der Waals surface area contributed by atoms with Gasteiger partial charge in [-0.15, -0.1) is 0 Å². The highest BCUT2D eigenvalue weighted by Crippen LogP contribution is 2.22. The van der Waals surface area contributed by atoms with Gasteiger partial charge in [-0.1, -0.05) is 23.2 Å². The average Bonchev–Trinajstić information content (AvgIpc) is 2.30. The van der Waals surface area contributed by atoms with Crippen LogP contribution in [0.5, 0.6) is 0 Å². The summed E-state index contributed by atoms with van der Waals surface area (Å²) in [6.45, 7) is 6.74. The molecule has 0 amide bonds. The molecule has 3 nitrogen and oxygen atoms in total. The highest BCUT2D eigenvalue weighted by Gasteiger charge is 2.11. The van der Waals surface area contributed by atoms with Gasteiger partial charge in [-0.3, -0.25) is 4.79 Å². The molecular formula is C14H18Cl2O3. The quantitative estimate of drug-likeness (QED) is 0.588. The minimum Gasteiger partial charge on any atom is -0.373 e. The predicted octanol–water partition coefficient (Wildman–Crippen LogP) is 4.01. The standard InChI is InChI=1S/C14H18Cl2O3/c1-14(2,3)19-7-6-18-9-13(17)10-4-5-11(15)12(16)8-10/h4-5,8H,6-7,9H2,1-3H3. The molecule has 1 rings (SSSR count). The molecular weight excluding hydrogens is 287 g/mol. The van der Waals surface area contributed by atoms with Gasteiger partial charge in [-0.05, 0) is 39.0 Å². The normalized spacial score (nSPS) is 11.6. The van der Waals surface area contributed by atoms with Crippen LogP contribution in [-0.2, 0) is 9.47 Å². The molecule has 5 heteroatoms. The van der Waals surface area contributed by atoms with E-state index in [9.17, 15) is 4.79 Å². The number of ketones is 1. The molecule has 0 aliphatic carbocycles. The van der Waals surface area contributed by atoms with Crippen LogP contribution < -0.4 is 0 Å². The van der Waals surface area contributed by atoms with E-state index >= 15 is 0 Å². The van der Waals surface area contributed by atoms with Crippen molar-refractivity contribution in [3.63, 3.8) is 0 Å². The molecule has 0 saturated heterocycles. The third-order valence-corrected chi connectivity index (χ3v) is 2.98. The summed E-state index contributed by atoms with van der Waals surface area (Å²) in [7, 11) is 0. The minimum absolute atomic E-state index is 0.00542. The van der Waals surface area contributed by atoms with E-state index in [0.29, 0.717) is 28.8 Å². The fraction of sp³-hybridized carbons (Fsp3) is 0.500. The van der Waals surface area contributed by atoms with E-state index in [2.05, 4.69) is 0 Å². The van der Waals surface area contributed by atoms with Crippen molar-refractivity contribution in [3.05, 3.63) is 33.8 Å². The first-order chi connectivity index (χ1) is 8.79. The zero-order chi connectivity index (χ0) is 14.5. The molecule has 19 heavy (non-hydrogen) atoms. The van der Waals surface area contributed by atoms with Gasteiger partial charge in [-0.2, -0.15) is 0 Å². The molecule has 0 aromatic heterocycles. The molecule has 0 heterocycles. The van der Waals surface area contributed by atoms with Gasteiger partial charge in [0, 0.05) is 5.56 Å². The van der Waals surface area contributed by atoms with Crippen LogP contribution in [0.4, 0.5) is 0 Å². The van der Waals surface area contributed by atoms with Gasteiger partial charge in [0.15, 0.2) is 5.78 Å². The second-order valence-electron chi connectivity index (χ2n) is 5.07. The molecule has 106 valence electrons. The van der Waals surface area contributed by atoms with Gasteiger partial charge in [0.25, 0.3) is 0 Å². The Kier molecular flexibility index (Phi) is 6.27. The van der Waals surface area contributed by atoms with Crippen LogP contribution >= 0.6 is 23.2 Å². The summed E-state index contributed by atoms with van der Waals surface area (Å²) in [5.74, 6) is -0.130. The number of carbonyl (C=O) groups excluding carboxylic acids is 1. The lowest BCUT2D eigenvalue weighted by atomic mass is 10.1. The largest absolute Gasteiger partial charge is 0.373 e. The molecule has 1 aromatic rings. The smallest absolute Gasteiger partial charge is 0.188 e. The third kappa shape index (κ3) is 6.39. The van der Waals surface area contributed by atoms with Gasteiger partial charge in [-0.25, -0.2) is 0 Å². The number of Topliss-reactive ketones (excluding diaryl/α,β-unsaturated/α-hetero) is 1. The minimum atomic E-state index is -0.197. The van der Waals surface area contributed by atoms with Crippen molar-refractivity contribution in [2.24, 2.45) is 0 Å². The summed E-state index contributed by atoms with van der Waals surface area (Å²) in [6, 6.07) is 4.77. The third-order valence-electron chi connectivity index (χ3n) is 2.24. The summed E-state index contributed by atoms with van der Waals surface area (Å²) in [6.07, 6.45) is 0. The Bertz CT molecular complexity index is 439. The van der Waals surface area contributed by atoms with Crippen molar-refractivity contribution >= 4 is 29.0 Å². The fourth-order valence-corrected chi connectivity index (χ4v) is 1.62. The Labute approximate surface area is 123 Å². The maximum atomic E-state index is 11.8. The lowest BCUT2D eigenvalue weighted by Gasteiger charge is -2.19. The summed E-state index contributed by atoms with van der Waals surface area (Å²) in [5, 5.41) is 0.793. The molecule has 1 aromatic carbocycles. The van der Waals surface area contributed by atoms with Crippen molar-refractivity contribution in [1.29, 1.82) is 0 Å². The number of halogens is 2. The van der Waals surface area contributed by atoms with Crippen molar-refractivity contribution in [2.75, 3.05) is 19.8 Å². The van der Waals surface area contributed by atoms with Crippen molar-refractivity contribution in [3.8, 4) is 0 Å². The summed E-state index contributed by atoms with van der Waals surface area (Å²) in [5.41, 5.74) is 0.294. The second-order valence-corrected chi connectivity index (χ2v) is 5.88. The molecule has 0 spiro atoms. The van der Waals surface area contributed by atoms with Crippen LogP contribution in [-0.4, -0.2) is 31.2 Å². The number of hydrogen-bond acceptors (Lipinski definition) is 3. The predicted molar refractivity (Wildman–Crippen MR) is 77.3 cm³/mol. The highest BCUT2D eigenvalue weighted by molar-refractivity contribution is 6.42. The molecule has 0 aliphatic rings. The van der Waals surface area contributed by atoms with E-state index in [4.69, 9.17) is 32.7 Å². The molecule has 0 unspecified atom stereocenters. The molecule has 0 bridgehead atoms. The molecule has 0 saturated carbocycles. The summed E-state index contributed by atoms with van der Waals surface area (Å²) < 4.78 is 10.7. The van der Waals surface area contributed by atoms with E-state index in [0.717, 1.165) is 0 Å². The number of carbonyl (C=O) groups is 1. The van der Waals surface area contributed by atoms with E-state index < -0.39 is 0 Å². The topological polar surface area (TPSA) is 35.5 Å². The first-order valence-electron chi connectivity index (χ1n) is 5.99. The molecule has 0 atom stereocenters. The average molecular weight is 305 g/mol. The molecule has 0 radical (unpaired) electrons. The van der Waals surface area contributed by atoms with E-state index in [-0.39, 0.29) is 18.0 Å². The van der Waals surface area contributed by atoms with Crippen LogP contribution in [0.15, 0.2) is 18.2 Å². The van der Waals surface area contributed by atoms with Gasteiger partial charge >= 0.3 is 0 Å². The van der Waals surface area contributed by atoms with Crippen LogP contribution in [0.1, 0.15) is 31.1 Å². The maximum absolute atomic E-state index is 11.8.